The molecule has 0 radical (unpaired) electrons. The summed E-state index contributed by atoms with van der Waals surface area (Å²) in [5, 5.41) is 3.20. The maximum absolute atomic E-state index is 14.0. The molecule has 2 aromatic carbocycles. The van der Waals surface area contributed by atoms with E-state index in [0.29, 0.717) is 50.6 Å². The SMILES string of the molecule is Fc1ccccc1CNCc1ccc(F)c(N2CCOCC2)c1. The van der Waals surface area contributed by atoms with Gasteiger partial charge in [-0.15, -0.1) is 0 Å². The minimum Gasteiger partial charge on any atom is -0.378 e. The van der Waals surface area contributed by atoms with Gasteiger partial charge in [-0.2, -0.15) is 0 Å². The van der Waals surface area contributed by atoms with Gasteiger partial charge in [-0.25, -0.2) is 8.78 Å². The Morgan fingerprint density at radius 1 is 0.957 bits per heavy atom. The first-order valence-electron chi connectivity index (χ1n) is 7.79. The third-order valence-corrected chi connectivity index (χ3v) is 3.96. The Bertz CT molecular complexity index is 657. The molecule has 3 nitrogen and oxygen atoms in total. The molecular weight excluding hydrogens is 298 g/mol. The second-order valence-corrected chi connectivity index (χ2v) is 5.58. The molecule has 1 aliphatic rings. The molecule has 0 amide bonds. The number of hydrogen-bond acceptors (Lipinski definition) is 3. The minimum absolute atomic E-state index is 0.215. The first-order valence-corrected chi connectivity index (χ1v) is 7.79. The van der Waals surface area contributed by atoms with Crippen LogP contribution in [0.3, 0.4) is 0 Å². The first-order chi connectivity index (χ1) is 11.2. The molecule has 1 saturated heterocycles. The van der Waals surface area contributed by atoms with Crippen LogP contribution in [0.15, 0.2) is 42.5 Å². The van der Waals surface area contributed by atoms with E-state index in [2.05, 4.69) is 5.32 Å². The highest BCUT2D eigenvalue weighted by atomic mass is 19.1. The molecule has 0 bridgehead atoms. The highest BCUT2D eigenvalue weighted by Gasteiger charge is 2.15. The monoisotopic (exact) mass is 318 g/mol. The molecule has 0 saturated carbocycles. The normalized spacial score (nSPS) is 15.0. The van der Waals surface area contributed by atoms with Crippen molar-refractivity contribution in [1.29, 1.82) is 0 Å². The molecule has 2 aromatic rings. The van der Waals surface area contributed by atoms with Crippen molar-refractivity contribution < 1.29 is 13.5 Å². The summed E-state index contributed by atoms with van der Waals surface area (Å²) >= 11 is 0. The first kappa shape index (κ1) is 15.9. The molecule has 122 valence electrons. The van der Waals surface area contributed by atoms with Gasteiger partial charge in [-0.05, 0) is 23.8 Å². The number of nitrogens with zero attached hydrogens (tertiary/aromatic N) is 1. The van der Waals surface area contributed by atoms with Crippen molar-refractivity contribution in [2.24, 2.45) is 0 Å². The van der Waals surface area contributed by atoms with E-state index < -0.39 is 0 Å². The lowest BCUT2D eigenvalue weighted by Crippen LogP contribution is -2.36. The maximum atomic E-state index is 14.0. The molecule has 0 aromatic heterocycles. The van der Waals surface area contributed by atoms with Gasteiger partial charge in [0, 0.05) is 31.7 Å². The lowest BCUT2D eigenvalue weighted by molar-refractivity contribution is 0.122. The average Bonchev–Trinajstić information content (AvgIpc) is 2.59. The Morgan fingerprint density at radius 2 is 1.74 bits per heavy atom. The van der Waals surface area contributed by atoms with Crippen molar-refractivity contribution >= 4 is 5.69 Å². The fourth-order valence-electron chi connectivity index (χ4n) is 2.70. The summed E-state index contributed by atoms with van der Waals surface area (Å²) in [6, 6.07) is 11.8. The van der Waals surface area contributed by atoms with E-state index in [1.165, 1.54) is 12.1 Å². The van der Waals surface area contributed by atoms with Crippen molar-refractivity contribution in [1.82, 2.24) is 5.32 Å². The van der Waals surface area contributed by atoms with Gasteiger partial charge in [0.1, 0.15) is 11.6 Å². The third kappa shape index (κ3) is 4.06. The molecule has 1 fully saturated rings. The lowest BCUT2D eigenvalue weighted by atomic mass is 10.1. The standard InChI is InChI=1S/C18H20F2N2O/c19-16-4-2-1-3-15(16)13-21-12-14-5-6-17(20)18(11-14)22-7-9-23-10-8-22/h1-6,11,21H,7-10,12-13H2. The smallest absolute Gasteiger partial charge is 0.146 e. The van der Waals surface area contributed by atoms with Crippen molar-refractivity contribution in [3.05, 3.63) is 65.2 Å². The van der Waals surface area contributed by atoms with E-state index >= 15 is 0 Å². The largest absolute Gasteiger partial charge is 0.378 e. The van der Waals surface area contributed by atoms with E-state index in [9.17, 15) is 8.78 Å². The topological polar surface area (TPSA) is 24.5 Å². The minimum atomic E-state index is -0.218. The van der Waals surface area contributed by atoms with Gasteiger partial charge in [0.25, 0.3) is 0 Å². The second-order valence-electron chi connectivity index (χ2n) is 5.58. The molecule has 1 N–H and O–H groups in total. The van der Waals surface area contributed by atoms with Gasteiger partial charge in [0.05, 0.1) is 18.9 Å². The predicted molar refractivity (Wildman–Crippen MR) is 86.4 cm³/mol. The molecule has 0 aliphatic carbocycles. The Kier molecular flexibility index (Phi) is 5.20. The zero-order chi connectivity index (χ0) is 16.1. The zero-order valence-corrected chi connectivity index (χ0v) is 12.9. The summed E-state index contributed by atoms with van der Waals surface area (Å²) in [5.41, 5.74) is 2.21. The van der Waals surface area contributed by atoms with Crippen LogP contribution < -0.4 is 10.2 Å². The van der Waals surface area contributed by atoms with Gasteiger partial charge >= 0.3 is 0 Å². The van der Waals surface area contributed by atoms with Crippen LogP contribution in [0.25, 0.3) is 0 Å². The quantitative estimate of drug-likeness (QED) is 0.917. The van der Waals surface area contributed by atoms with E-state index in [1.807, 2.05) is 17.0 Å². The van der Waals surface area contributed by atoms with E-state index in [4.69, 9.17) is 4.74 Å². The fraction of sp³-hybridized carbons (Fsp3) is 0.333. The van der Waals surface area contributed by atoms with Crippen LogP contribution in [0, 0.1) is 11.6 Å². The zero-order valence-electron chi connectivity index (χ0n) is 12.9. The highest BCUT2D eigenvalue weighted by molar-refractivity contribution is 5.50. The number of hydrogen-bond donors (Lipinski definition) is 1. The number of ether oxygens (including phenoxy) is 1. The summed E-state index contributed by atoms with van der Waals surface area (Å²) in [5.74, 6) is -0.433. The van der Waals surface area contributed by atoms with Crippen molar-refractivity contribution in [3.63, 3.8) is 0 Å². The van der Waals surface area contributed by atoms with E-state index in [-0.39, 0.29) is 11.6 Å². The lowest BCUT2D eigenvalue weighted by Gasteiger charge is -2.29. The molecule has 0 spiro atoms. The molecule has 3 rings (SSSR count). The number of morpholine rings is 1. The Morgan fingerprint density at radius 3 is 2.52 bits per heavy atom. The second kappa shape index (κ2) is 7.53. The number of nitrogens with one attached hydrogen (secondary N) is 1. The van der Waals surface area contributed by atoms with Crippen LogP contribution in [-0.2, 0) is 17.8 Å². The van der Waals surface area contributed by atoms with E-state index in [1.54, 1.807) is 18.2 Å². The molecule has 0 atom stereocenters. The Labute approximate surface area is 134 Å². The average molecular weight is 318 g/mol. The molecule has 23 heavy (non-hydrogen) atoms. The van der Waals surface area contributed by atoms with Crippen LogP contribution in [0.4, 0.5) is 14.5 Å². The summed E-state index contributed by atoms with van der Waals surface area (Å²) in [4.78, 5) is 2.00. The molecule has 1 aliphatic heterocycles. The molecule has 1 heterocycles. The molecule has 5 heteroatoms. The van der Waals surface area contributed by atoms with Gasteiger partial charge in [-0.3, -0.25) is 0 Å². The highest BCUT2D eigenvalue weighted by Crippen LogP contribution is 2.22. The maximum Gasteiger partial charge on any atom is 0.146 e. The van der Waals surface area contributed by atoms with Crippen LogP contribution in [0.2, 0.25) is 0 Å². The van der Waals surface area contributed by atoms with Gasteiger partial charge in [0.15, 0.2) is 0 Å². The van der Waals surface area contributed by atoms with Gasteiger partial charge < -0.3 is 15.0 Å². The summed E-state index contributed by atoms with van der Waals surface area (Å²) in [6.07, 6.45) is 0. The number of anilines is 1. The number of benzene rings is 2. The Hall–Kier alpha value is -1.98. The third-order valence-electron chi connectivity index (χ3n) is 3.96. The van der Waals surface area contributed by atoms with Crippen LogP contribution in [0.1, 0.15) is 11.1 Å². The predicted octanol–water partition coefficient (Wildman–Crippen LogP) is 3.09. The Balaban J connectivity index is 1.63. The van der Waals surface area contributed by atoms with Crippen LogP contribution in [-0.4, -0.2) is 26.3 Å². The number of rotatable bonds is 5. The summed E-state index contributed by atoms with van der Waals surface area (Å²) in [7, 11) is 0. The van der Waals surface area contributed by atoms with Gasteiger partial charge in [-0.1, -0.05) is 24.3 Å². The molecule has 0 unspecified atom stereocenters. The van der Waals surface area contributed by atoms with Crippen molar-refractivity contribution in [2.45, 2.75) is 13.1 Å². The number of halogens is 2. The van der Waals surface area contributed by atoms with Gasteiger partial charge in [0.2, 0.25) is 0 Å². The summed E-state index contributed by atoms with van der Waals surface area (Å²) in [6.45, 7) is 3.64. The van der Waals surface area contributed by atoms with Crippen LogP contribution >= 0.6 is 0 Å². The van der Waals surface area contributed by atoms with Crippen molar-refractivity contribution in [3.8, 4) is 0 Å². The van der Waals surface area contributed by atoms with Crippen molar-refractivity contribution in [2.75, 3.05) is 31.2 Å². The summed E-state index contributed by atoms with van der Waals surface area (Å²) < 4.78 is 32.9. The molecular formula is C18H20F2N2O. The van der Waals surface area contributed by atoms with Crippen LogP contribution in [0.5, 0.6) is 0 Å². The van der Waals surface area contributed by atoms with E-state index in [0.717, 1.165) is 5.56 Å². The fourth-order valence-corrected chi connectivity index (χ4v) is 2.70.